The van der Waals surface area contributed by atoms with Crippen LogP contribution in [0.4, 0.5) is 0 Å². The quantitative estimate of drug-likeness (QED) is 0.657. The maximum Gasteiger partial charge on any atom is 0.0465 e. The molecule has 0 saturated heterocycles. The Morgan fingerprint density at radius 3 is 2.71 bits per heavy atom. The van der Waals surface area contributed by atoms with Gasteiger partial charge in [-0.3, -0.25) is 0 Å². The van der Waals surface area contributed by atoms with Gasteiger partial charge in [-0.1, -0.05) is 48.2 Å². The van der Waals surface area contributed by atoms with Gasteiger partial charge in [-0.25, -0.2) is 0 Å². The number of fused-ring (bicyclic) bond motifs is 1. The first-order chi connectivity index (χ1) is 10.4. The molecule has 0 amide bonds. The lowest BCUT2D eigenvalue weighted by atomic mass is 10.1. The van der Waals surface area contributed by atoms with E-state index >= 15 is 0 Å². The van der Waals surface area contributed by atoms with Crippen molar-refractivity contribution in [3.8, 4) is 0 Å². The van der Waals surface area contributed by atoms with E-state index in [4.69, 9.17) is 0 Å². The lowest BCUT2D eigenvalue weighted by Gasteiger charge is -2.08. The summed E-state index contributed by atoms with van der Waals surface area (Å²) in [5, 5.41) is 4.51. The molecule has 0 spiro atoms. The Labute approximate surface area is 130 Å². The Balaban J connectivity index is 1.84. The Morgan fingerprint density at radius 2 is 1.81 bits per heavy atom. The summed E-state index contributed by atoms with van der Waals surface area (Å²) in [7, 11) is 2.01. The predicted molar refractivity (Wildman–Crippen MR) is 91.1 cm³/mol. The highest BCUT2D eigenvalue weighted by atomic mass is 32.2. The van der Waals surface area contributed by atoms with Crippen LogP contribution >= 0.6 is 11.8 Å². The van der Waals surface area contributed by atoms with E-state index in [0.717, 1.165) is 13.0 Å². The molecule has 2 aromatic carbocycles. The van der Waals surface area contributed by atoms with Crippen molar-refractivity contribution in [3.05, 3.63) is 60.3 Å². The molecule has 0 bridgehead atoms. The number of aromatic nitrogens is 1. The zero-order chi connectivity index (χ0) is 14.5. The van der Waals surface area contributed by atoms with Gasteiger partial charge in [0, 0.05) is 26.9 Å². The van der Waals surface area contributed by atoms with Gasteiger partial charge in [-0.05, 0) is 44.1 Å². The molecule has 3 heteroatoms. The third kappa shape index (κ3) is 3.31. The van der Waals surface area contributed by atoms with Crippen molar-refractivity contribution in [2.75, 3.05) is 13.6 Å². The largest absolute Gasteiger partial charge is 0.360 e. The number of nitrogens with one attached hydrogen (secondary N) is 2. The molecular weight excluding hydrogens is 276 g/mol. The monoisotopic (exact) mass is 296 g/mol. The molecule has 1 aromatic heterocycles. The summed E-state index contributed by atoms with van der Waals surface area (Å²) >= 11 is 1.86. The smallest absolute Gasteiger partial charge is 0.0465 e. The van der Waals surface area contributed by atoms with E-state index in [0.29, 0.717) is 0 Å². The molecule has 3 aromatic rings. The fraction of sp³-hybridized carbons (Fsp3) is 0.222. The second kappa shape index (κ2) is 6.83. The van der Waals surface area contributed by atoms with E-state index < -0.39 is 0 Å². The van der Waals surface area contributed by atoms with Crippen LogP contribution < -0.4 is 5.32 Å². The topological polar surface area (TPSA) is 27.8 Å². The summed E-state index contributed by atoms with van der Waals surface area (Å²) in [6, 6.07) is 17.2. The van der Waals surface area contributed by atoms with Gasteiger partial charge in [-0.2, -0.15) is 0 Å². The van der Waals surface area contributed by atoms with Gasteiger partial charge in [0.25, 0.3) is 0 Å². The normalized spacial score (nSPS) is 11.1. The first-order valence-corrected chi connectivity index (χ1v) is 8.16. The minimum absolute atomic E-state index is 1.06. The molecule has 0 fully saturated rings. The first-order valence-electron chi connectivity index (χ1n) is 7.35. The minimum atomic E-state index is 1.06. The molecule has 2 N–H and O–H groups in total. The van der Waals surface area contributed by atoms with Crippen LogP contribution in [-0.4, -0.2) is 18.6 Å². The number of rotatable bonds is 6. The highest BCUT2D eigenvalue weighted by molar-refractivity contribution is 7.99. The highest BCUT2D eigenvalue weighted by Gasteiger charge is 2.08. The minimum Gasteiger partial charge on any atom is -0.360 e. The van der Waals surface area contributed by atoms with Crippen LogP contribution in [0.5, 0.6) is 0 Å². The molecule has 0 radical (unpaired) electrons. The number of benzene rings is 2. The molecule has 0 aliphatic rings. The summed E-state index contributed by atoms with van der Waals surface area (Å²) in [5.74, 6) is 0. The molecule has 0 saturated carbocycles. The third-order valence-electron chi connectivity index (χ3n) is 3.62. The van der Waals surface area contributed by atoms with Crippen molar-refractivity contribution in [2.45, 2.75) is 22.6 Å². The van der Waals surface area contributed by atoms with Crippen LogP contribution in [0.25, 0.3) is 10.9 Å². The standard InChI is InChI=1S/C18H20N2S/c1-19-12-6-8-14-7-2-5-11-17(14)21-18-13-20-16-10-4-3-9-15(16)18/h2-5,7,9-11,13,19-20H,6,8,12H2,1H3. The summed E-state index contributed by atoms with van der Waals surface area (Å²) in [4.78, 5) is 6.01. The summed E-state index contributed by atoms with van der Waals surface area (Å²) < 4.78 is 0. The van der Waals surface area contributed by atoms with Crippen molar-refractivity contribution in [1.29, 1.82) is 0 Å². The average molecular weight is 296 g/mol. The van der Waals surface area contributed by atoms with Gasteiger partial charge < -0.3 is 10.3 Å². The second-order valence-corrected chi connectivity index (χ2v) is 6.20. The lowest BCUT2D eigenvalue weighted by molar-refractivity contribution is 0.720. The van der Waals surface area contributed by atoms with Crippen molar-refractivity contribution < 1.29 is 0 Å². The van der Waals surface area contributed by atoms with Crippen molar-refractivity contribution in [2.24, 2.45) is 0 Å². The number of para-hydroxylation sites is 1. The van der Waals surface area contributed by atoms with Crippen molar-refractivity contribution in [1.82, 2.24) is 10.3 Å². The summed E-state index contributed by atoms with van der Waals surface area (Å²) in [6.07, 6.45) is 4.40. The Bertz CT molecular complexity index is 718. The highest BCUT2D eigenvalue weighted by Crippen LogP contribution is 2.35. The molecule has 0 aliphatic carbocycles. The number of hydrogen-bond donors (Lipinski definition) is 2. The summed E-state index contributed by atoms with van der Waals surface area (Å²) in [5.41, 5.74) is 2.63. The second-order valence-electron chi connectivity index (χ2n) is 5.12. The third-order valence-corrected chi connectivity index (χ3v) is 4.79. The number of aromatic amines is 1. The maximum atomic E-state index is 3.35. The Morgan fingerprint density at radius 1 is 1.00 bits per heavy atom. The molecule has 0 aliphatic heterocycles. The number of H-pyrrole nitrogens is 1. The van der Waals surface area contributed by atoms with Gasteiger partial charge >= 0.3 is 0 Å². The van der Waals surface area contributed by atoms with Crippen LogP contribution in [0.1, 0.15) is 12.0 Å². The van der Waals surface area contributed by atoms with Crippen molar-refractivity contribution >= 4 is 22.7 Å². The fourth-order valence-corrected chi connectivity index (χ4v) is 3.60. The van der Waals surface area contributed by atoms with Crippen LogP contribution in [-0.2, 0) is 6.42 Å². The summed E-state index contributed by atoms with van der Waals surface area (Å²) in [6.45, 7) is 1.06. The Hall–Kier alpha value is -1.71. The zero-order valence-electron chi connectivity index (χ0n) is 12.2. The van der Waals surface area contributed by atoms with Crippen LogP contribution in [0.2, 0.25) is 0 Å². The van der Waals surface area contributed by atoms with Gasteiger partial charge in [-0.15, -0.1) is 0 Å². The fourth-order valence-electron chi connectivity index (χ4n) is 2.51. The average Bonchev–Trinajstić information content (AvgIpc) is 2.93. The Kier molecular flexibility index (Phi) is 4.63. The molecule has 21 heavy (non-hydrogen) atoms. The van der Waals surface area contributed by atoms with E-state index in [1.54, 1.807) is 0 Å². The van der Waals surface area contributed by atoms with Gasteiger partial charge in [0.05, 0.1) is 0 Å². The van der Waals surface area contributed by atoms with E-state index in [1.807, 2.05) is 18.8 Å². The molecule has 108 valence electrons. The molecule has 0 unspecified atom stereocenters. The molecule has 0 atom stereocenters. The van der Waals surface area contributed by atoms with Gasteiger partial charge in [0.2, 0.25) is 0 Å². The van der Waals surface area contributed by atoms with E-state index in [2.05, 4.69) is 65.0 Å². The maximum absolute atomic E-state index is 3.35. The molecule has 1 heterocycles. The van der Waals surface area contributed by atoms with Crippen LogP contribution in [0, 0.1) is 0 Å². The molecular formula is C18H20N2S. The number of aryl methyl sites for hydroxylation is 1. The SMILES string of the molecule is CNCCCc1ccccc1Sc1c[nH]c2ccccc12. The van der Waals surface area contributed by atoms with Crippen molar-refractivity contribution in [3.63, 3.8) is 0 Å². The lowest BCUT2D eigenvalue weighted by Crippen LogP contribution is -2.08. The van der Waals surface area contributed by atoms with E-state index in [-0.39, 0.29) is 0 Å². The van der Waals surface area contributed by atoms with Gasteiger partial charge in [0.15, 0.2) is 0 Å². The van der Waals surface area contributed by atoms with E-state index in [9.17, 15) is 0 Å². The van der Waals surface area contributed by atoms with Crippen LogP contribution in [0.15, 0.2) is 64.5 Å². The molecule has 2 nitrogen and oxygen atoms in total. The van der Waals surface area contributed by atoms with Gasteiger partial charge in [0.1, 0.15) is 0 Å². The van der Waals surface area contributed by atoms with E-state index in [1.165, 1.54) is 32.7 Å². The first kappa shape index (κ1) is 14.2. The zero-order valence-corrected chi connectivity index (χ0v) is 13.0. The molecule has 3 rings (SSSR count). The van der Waals surface area contributed by atoms with Crippen LogP contribution in [0.3, 0.4) is 0 Å². The predicted octanol–water partition coefficient (Wildman–Crippen LogP) is 4.47. The number of hydrogen-bond acceptors (Lipinski definition) is 2.